The molecule has 0 radical (unpaired) electrons. The smallest absolute Gasteiger partial charge is 0.226 e. The Morgan fingerprint density at radius 3 is 2.91 bits per heavy atom. The van der Waals surface area contributed by atoms with Crippen molar-refractivity contribution in [1.82, 2.24) is 15.3 Å². The highest BCUT2D eigenvalue weighted by Gasteiger charge is 2.13. The summed E-state index contributed by atoms with van der Waals surface area (Å²) in [5, 5.41) is 7.77. The summed E-state index contributed by atoms with van der Waals surface area (Å²) in [6, 6.07) is 9.76. The van der Waals surface area contributed by atoms with E-state index in [0.717, 1.165) is 21.3 Å². The molecule has 0 saturated carbocycles. The van der Waals surface area contributed by atoms with Gasteiger partial charge in [-0.05, 0) is 30.5 Å². The van der Waals surface area contributed by atoms with Crippen LogP contribution >= 0.6 is 22.7 Å². The van der Waals surface area contributed by atoms with Gasteiger partial charge in [-0.3, -0.25) is 9.78 Å². The van der Waals surface area contributed by atoms with Gasteiger partial charge in [-0.15, -0.1) is 22.7 Å². The van der Waals surface area contributed by atoms with E-state index in [4.69, 9.17) is 0 Å². The molecule has 4 nitrogen and oxygen atoms in total. The molecule has 1 atom stereocenters. The van der Waals surface area contributed by atoms with Crippen LogP contribution in [0.15, 0.2) is 47.3 Å². The molecule has 3 aromatic heterocycles. The zero-order valence-corrected chi connectivity index (χ0v) is 13.7. The van der Waals surface area contributed by atoms with Crippen LogP contribution in [0.25, 0.3) is 10.7 Å². The summed E-state index contributed by atoms with van der Waals surface area (Å²) in [4.78, 5) is 22.0. The van der Waals surface area contributed by atoms with Gasteiger partial charge in [0.2, 0.25) is 5.91 Å². The Labute approximate surface area is 136 Å². The largest absolute Gasteiger partial charge is 0.348 e. The number of hydrogen-bond donors (Lipinski definition) is 1. The monoisotopic (exact) mass is 329 g/mol. The lowest BCUT2D eigenvalue weighted by molar-refractivity contribution is -0.121. The lowest BCUT2D eigenvalue weighted by Crippen LogP contribution is -2.27. The van der Waals surface area contributed by atoms with Gasteiger partial charge in [0.15, 0.2) is 0 Å². The van der Waals surface area contributed by atoms with Gasteiger partial charge in [0.25, 0.3) is 0 Å². The third-order valence-electron chi connectivity index (χ3n) is 3.12. The van der Waals surface area contributed by atoms with Crippen molar-refractivity contribution in [1.29, 1.82) is 0 Å². The average molecular weight is 329 g/mol. The van der Waals surface area contributed by atoms with Gasteiger partial charge in [-0.1, -0.05) is 12.1 Å². The van der Waals surface area contributed by atoms with E-state index < -0.39 is 0 Å². The molecule has 112 valence electrons. The van der Waals surface area contributed by atoms with Crippen LogP contribution in [0.1, 0.15) is 23.5 Å². The summed E-state index contributed by atoms with van der Waals surface area (Å²) in [5.41, 5.74) is 1.62. The maximum atomic E-state index is 12.1. The third-order valence-corrected chi connectivity index (χ3v) is 5.09. The van der Waals surface area contributed by atoms with E-state index in [1.54, 1.807) is 17.5 Å². The number of thiophene rings is 1. The number of amides is 1. The first-order valence-electron chi connectivity index (χ1n) is 6.91. The molecule has 0 fully saturated rings. The summed E-state index contributed by atoms with van der Waals surface area (Å²) < 4.78 is 0. The molecule has 0 bridgehead atoms. The van der Waals surface area contributed by atoms with Crippen LogP contribution in [-0.2, 0) is 11.2 Å². The second kappa shape index (κ2) is 6.81. The molecule has 22 heavy (non-hydrogen) atoms. The summed E-state index contributed by atoms with van der Waals surface area (Å²) in [6.45, 7) is 1.99. The number of aromatic nitrogens is 2. The molecule has 1 unspecified atom stereocenters. The number of carbonyl (C=O) groups is 1. The van der Waals surface area contributed by atoms with Gasteiger partial charge in [0.05, 0.1) is 23.9 Å². The Hall–Kier alpha value is -2.05. The fourth-order valence-corrected chi connectivity index (χ4v) is 3.59. The molecule has 1 amide bonds. The Morgan fingerprint density at radius 1 is 1.27 bits per heavy atom. The lowest BCUT2D eigenvalue weighted by atomic mass is 10.2. The summed E-state index contributed by atoms with van der Waals surface area (Å²) >= 11 is 3.15. The molecule has 0 aliphatic carbocycles. The highest BCUT2D eigenvalue weighted by atomic mass is 32.1. The SMILES string of the molecule is CC(NC(=O)Cc1csc(-c2ccccn2)n1)c1cccs1. The van der Waals surface area contributed by atoms with Crippen LogP contribution < -0.4 is 5.32 Å². The molecule has 3 aromatic rings. The van der Waals surface area contributed by atoms with Crippen LogP contribution in [-0.4, -0.2) is 15.9 Å². The normalized spacial score (nSPS) is 12.0. The number of hydrogen-bond acceptors (Lipinski definition) is 5. The first-order chi connectivity index (χ1) is 10.7. The van der Waals surface area contributed by atoms with Crippen molar-refractivity contribution in [3.63, 3.8) is 0 Å². The van der Waals surface area contributed by atoms with E-state index in [9.17, 15) is 4.79 Å². The number of nitrogens with one attached hydrogen (secondary N) is 1. The number of rotatable bonds is 5. The average Bonchev–Trinajstić information content (AvgIpc) is 3.19. The fraction of sp³-hybridized carbons (Fsp3) is 0.188. The van der Waals surface area contributed by atoms with E-state index in [2.05, 4.69) is 15.3 Å². The Morgan fingerprint density at radius 2 is 2.18 bits per heavy atom. The Bertz CT molecular complexity index is 738. The van der Waals surface area contributed by atoms with Crippen LogP contribution in [0.2, 0.25) is 0 Å². The second-order valence-electron chi connectivity index (χ2n) is 4.84. The minimum atomic E-state index is -0.0150. The molecule has 3 heterocycles. The van der Waals surface area contributed by atoms with Gasteiger partial charge >= 0.3 is 0 Å². The third kappa shape index (κ3) is 3.58. The number of nitrogens with zero attached hydrogens (tertiary/aromatic N) is 2. The molecule has 0 aliphatic rings. The maximum Gasteiger partial charge on any atom is 0.226 e. The highest BCUT2D eigenvalue weighted by Crippen LogP contribution is 2.22. The van der Waals surface area contributed by atoms with E-state index in [0.29, 0.717) is 6.42 Å². The van der Waals surface area contributed by atoms with Crippen molar-refractivity contribution >= 4 is 28.6 Å². The van der Waals surface area contributed by atoms with Gasteiger partial charge in [0, 0.05) is 16.5 Å². The molecule has 1 N–H and O–H groups in total. The Balaban J connectivity index is 1.62. The number of pyridine rings is 1. The lowest BCUT2D eigenvalue weighted by Gasteiger charge is -2.11. The van der Waals surface area contributed by atoms with Crippen LogP contribution in [0.3, 0.4) is 0 Å². The van der Waals surface area contributed by atoms with Crippen molar-refractivity contribution in [2.75, 3.05) is 0 Å². The summed E-state index contributed by atoms with van der Waals surface area (Å²) in [7, 11) is 0. The van der Waals surface area contributed by atoms with Crippen molar-refractivity contribution in [2.45, 2.75) is 19.4 Å². The molecule has 0 spiro atoms. The molecular weight excluding hydrogens is 314 g/mol. The summed E-state index contributed by atoms with van der Waals surface area (Å²) in [6.07, 6.45) is 2.03. The number of carbonyl (C=O) groups excluding carboxylic acids is 1. The van der Waals surface area contributed by atoms with E-state index in [-0.39, 0.29) is 11.9 Å². The standard InChI is InChI=1S/C16H15N3OS2/c1-11(14-6-4-8-21-14)18-15(20)9-12-10-22-16(19-12)13-5-2-3-7-17-13/h2-8,10-11H,9H2,1H3,(H,18,20). The van der Waals surface area contributed by atoms with Crippen LogP contribution in [0.4, 0.5) is 0 Å². The quantitative estimate of drug-likeness (QED) is 0.777. The maximum absolute atomic E-state index is 12.1. The van der Waals surface area contributed by atoms with Crippen molar-refractivity contribution in [3.8, 4) is 10.7 Å². The minimum Gasteiger partial charge on any atom is -0.348 e. The van der Waals surface area contributed by atoms with Gasteiger partial charge in [-0.2, -0.15) is 0 Å². The second-order valence-corrected chi connectivity index (χ2v) is 6.68. The van der Waals surface area contributed by atoms with Crippen molar-refractivity contribution < 1.29 is 4.79 Å². The zero-order valence-electron chi connectivity index (χ0n) is 12.0. The predicted molar refractivity (Wildman–Crippen MR) is 89.9 cm³/mol. The topological polar surface area (TPSA) is 54.9 Å². The molecule has 0 saturated heterocycles. The van der Waals surface area contributed by atoms with E-state index in [1.807, 2.05) is 48.0 Å². The summed E-state index contributed by atoms with van der Waals surface area (Å²) in [5.74, 6) is -0.0150. The van der Waals surface area contributed by atoms with E-state index in [1.165, 1.54) is 11.3 Å². The molecular formula is C16H15N3OS2. The minimum absolute atomic E-state index is 0.0150. The number of thiazole rings is 1. The van der Waals surface area contributed by atoms with Crippen molar-refractivity contribution in [3.05, 3.63) is 57.9 Å². The fourth-order valence-electron chi connectivity index (χ4n) is 2.06. The van der Waals surface area contributed by atoms with Gasteiger partial charge < -0.3 is 5.32 Å². The predicted octanol–water partition coefficient (Wildman–Crippen LogP) is 3.69. The van der Waals surface area contributed by atoms with Crippen LogP contribution in [0, 0.1) is 0 Å². The van der Waals surface area contributed by atoms with Gasteiger partial charge in [0.1, 0.15) is 5.01 Å². The molecule has 0 aliphatic heterocycles. The zero-order chi connectivity index (χ0) is 15.4. The Kier molecular flexibility index (Phi) is 4.60. The molecule has 0 aromatic carbocycles. The van der Waals surface area contributed by atoms with E-state index >= 15 is 0 Å². The van der Waals surface area contributed by atoms with Crippen molar-refractivity contribution in [2.24, 2.45) is 0 Å². The van der Waals surface area contributed by atoms with Crippen LogP contribution in [0.5, 0.6) is 0 Å². The molecule has 3 rings (SSSR count). The first-order valence-corrected chi connectivity index (χ1v) is 8.67. The molecule has 6 heteroatoms. The highest BCUT2D eigenvalue weighted by molar-refractivity contribution is 7.13. The first kappa shape index (κ1) is 14.9. The van der Waals surface area contributed by atoms with Gasteiger partial charge in [-0.25, -0.2) is 4.98 Å².